The van der Waals surface area contributed by atoms with Crippen molar-refractivity contribution in [2.24, 2.45) is 0 Å². The summed E-state index contributed by atoms with van der Waals surface area (Å²) in [7, 11) is 1.58. The van der Waals surface area contributed by atoms with Crippen LogP contribution in [0.1, 0.15) is 18.1 Å². The van der Waals surface area contributed by atoms with Crippen LogP contribution in [0.5, 0.6) is 0 Å². The van der Waals surface area contributed by atoms with Crippen LogP contribution >= 0.6 is 0 Å². The lowest BCUT2D eigenvalue weighted by atomic mass is 10.0. The van der Waals surface area contributed by atoms with Gasteiger partial charge in [-0.2, -0.15) is 0 Å². The summed E-state index contributed by atoms with van der Waals surface area (Å²) in [6.07, 6.45) is 1.27. The second-order valence-electron chi connectivity index (χ2n) is 3.51. The zero-order valence-corrected chi connectivity index (χ0v) is 9.86. The van der Waals surface area contributed by atoms with Crippen molar-refractivity contribution < 1.29 is 14.3 Å². The molecule has 0 bridgehead atoms. The molecule has 88 valence electrons. The average molecular weight is 222 g/mol. The number of hydrogen-bond donors (Lipinski definition) is 0. The topological polar surface area (TPSA) is 35.5 Å². The van der Waals surface area contributed by atoms with Crippen LogP contribution in [0, 0.1) is 0 Å². The molecule has 1 aromatic carbocycles. The molecular weight excluding hydrogens is 204 g/mol. The molecule has 0 N–H and O–H groups in total. The van der Waals surface area contributed by atoms with Gasteiger partial charge in [0.15, 0.2) is 0 Å². The summed E-state index contributed by atoms with van der Waals surface area (Å²) >= 11 is 0. The van der Waals surface area contributed by atoms with Gasteiger partial charge >= 0.3 is 5.97 Å². The molecule has 3 heteroatoms. The van der Waals surface area contributed by atoms with Crippen LogP contribution in [-0.2, 0) is 27.1 Å². The molecule has 0 aliphatic carbocycles. The fourth-order valence-electron chi connectivity index (χ4n) is 1.52. The van der Waals surface area contributed by atoms with Crippen LogP contribution in [0.15, 0.2) is 24.3 Å². The van der Waals surface area contributed by atoms with E-state index in [9.17, 15) is 4.79 Å². The number of benzene rings is 1. The van der Waals surface area contributed by atoms with Crippen molar-refractivity contribution in [3.05, 3.63) is 35.4 Å². The Bertz CT molecular complexity index is 334. The summed E-state index contributed by atoms with van der Waals surface area (Å²) in [6.45, 7) is 2.85. The molecule has 0 fully saturated rings. The van der Waals surface area contributed by atoms with Gasteiger partial charge in [0.2, 0.25) is 0 Å². The van der Waals surface area contributed by atoms with Crippen LogP contribution in [0.25, 0.3) is 0 Å². The Morgan fingerprint density at radius 1 is 1.19 bits per heavy atom. The van der Waals surface area contributed by atoms with Crippen LogP contribution < -0.4 is 0 Å². The number of rotatable bonds is 6. The Balaban J connectivity index is 2.49. The Morgan fingerprint density at radius 2 is 1.88 bits per heavy atom. The molecule has 0 aliphatic heterocycles. The maximum atomic E-state index is 11.5. The smallest absolute Gasteiger partial charge is 0.310 e. The molecule has 3 nitrogen and oxygen atoms in total. The van der Waals surface area contributed by atoms with Crippen molar-refractivity contribution in [3.8, 4) is 0 Å². The minimum atomic E-state index is -0.196. The molecule has 1 rings (SSSR count). The van der Waals surface area contributed by atoms with Crippen molar-refractivity contribution in [2.45, 2.75) is 19.8 Å². The molecule has 16 heavy (non-hydrogen) atoms. The molecule has 0 spiro atoms. The molecular formula is C13H18O3. The van der Waals surface area contributed by atoms with E-state index >= 15 is 0 Å². The molecule has 0 heterocycles. The number of ether oxygens (including phenoxy) is 2. The van der Waals surface area contributed by atoms with Crippen LogP contribution in [0.3, 0.4) is 0 Å². The third kappa shape index (κ3) is 4.03. The highest BCUT2D eigenvalue weighted by atomic mass is 16.6. The highest BCUT2D eigenvalue weighted by Crippen LogP contribution is 2.10. The second kappa shape index (κ2) is 7.01. The first-order valence-electron chi connectivity index (χ1n) is 5.49. The van der Waals surface area contributed by atoms with E-state index in [-0.39, 0.29) is 5.97 Å². The van der Waals surface area contributed by atoms with E-state index in [4.69, 9.17) is 9.47 Å². The first-order chi connectivity index (χ1) is 7.77. The van der Waals surface area contributed by atoms with Gasteiger partial charge in [0.25, 0.3) is 0 Å². The molecule has 0 saturated heterocycles. The van der Waals surface area contributed by atoms with Gasteiger partial charge < -0.3 is 9.47 Å². The highest BCUT2D eigenvalue weighted by Gasteiger charge is 2.07. The first-order valence-corrected chi connectivity index (χ1v) is 5.49. The van der Waals surface area contributed by atoms with Gasteiger partial charge in [0, 0.05) is 7.11 Å². The number of methoxy groups -OCH3 is 1. The van der Waals surface area contributed by atoms with E-state index < -0.39 is 0 Å². The van der Waals surface area contributed by atoms with Gasteiger partial charge in [-0.3, -0.25) is 4.79 Å². The normalized spacial score (nSPS) is 10.1. The van der Waals surface area contributed by atoms with Gasteiger partial charge in [-0.05, 0) is 17.5 Å². The number of carbonyl (C=O) groups is 1. The number of hydrogen-bond acceptors (Lipinski definition) is 3. The summed E-state index contributed by atoms with van der Waals surface area (Å²) in [5.41, 5.74) is 2.25. The monoisotopic (exact) mass is 222 g/mol. The van der Waals surface area contributed by atoms with E-state index in [1.165, 1.54) is 5.56 Å². The van der Waals surface area contributed by atoms with E-state index in [1.54, 1.807) is 7.11 Å². The molecule has 1 aromatic rings. The molecule has 0 aliphatic rings. The second-order valence-corrected chi connectivity index (χ2v) is 3.51. The van der Waals surface area contributed by atoms with Crippen molar-refractivity contribution in [2.75, 3.05) is 20.3 Å². The minimum absolute atomic E-state index is 0.196. The van der Waals surface area contributed by atoms with Gasteiger partial charge in [-0.25, -0.2) is 0 Å². The molecule has 0 unspecified atom stereocenters. The lowest BCUT2D eigenvalue weighted by molar-refractivity contribution is -0.144. The van der Waals surface area contributed by atoms with Gasteiger partial charge in [-0.15, -0.1) is 0 Å². The SMILES string of the molecule is CCc1ccccc1CC(=O)OCCOC. The number of aryl methyl sites for hydroxylation is 1. The molecule has 0 atom stereocenters. The third-order valence-corrected chi connectivity index (χ3v) is 2.38. The first kappa shape index (κ1) is 12.7. The standard InChI is InChI=1S/C13H18O3/c1-3-11-6-4-5-7-12(11)10-13(14)16-9-8-15-2/h4-7H,3,8-10H2,1-2H3. The maximum Gasteiger partial charge on any atom is 0.310 e. The van der Waals surface area contributed by atoms with Gasteiger partial charge in [0.05, 0.1) is 13.0 Å². The van der Waals surface area contributed by atoms with Crippen molar-refractivity contribution in [3.63, 3.8) is 0 Å². The van der Waals surface area contributed by atoms with Crippen molar-refractivity contribution >= 4 is 5.97 Å². The summed E-state index contributed by atoms with van der Waals surface area (Å²) in [5, 5.41) is 0. The van der Waals surface area contributed by atoms with Gasteiger partial charge in [-0.1, -0.05) is 31.2 Å². The van der Waals surface area contributed by atoms with Gasteiger partial charge in [0.1, 0.15) is 6.61 Å². The largest absolute Gasteiger partial charge is 0.463 e. The molecule has 0 radical (unpaired) electrons. The minimum Gasteiger partial charge on any atom is -0.463 e. The zero-order valence-electron chi connectivity index (χ0n) is 9.86. The van der Waals surface area contributed by atoms with Crippen molar-refractivity contribution in [1.29, 1.82) is 0 Å². The maximum absolute atomic E-state index is 11.5. The quantitative estimate of drug-likeness (QED) is 0.545. The third-order valence-electron chi connectivity index (χ3n) is 2.38. The lowest BCUT2D eigenvalue weighted by Gasteiger charge is -2.07. The van der Waals surface area contributed by atoms with E-state index in [1.807, 2.05) is 24.3 Å². The van der Waals surface area contributed by atoms with Crippen LogP contribution in [-0.4, -0.2) is 26.3 Å². The molecule has 0 amide bonds. The predicted molar refractivity (Wildman–Crippen MR) is 62.4 cm³/mol. The Kier molecular flexibility index (Phi) is 5.57. The molecule has 0 aromatic heterocycles. The molecule has 0 saturated carbocycles. The number of carbonyl (C=O) groups excluding carboxylic acids is 1. The number of esters is 1. The Hall–Kier alpha value is -1.35. The summed E-state index contributed by atoms with van der Waals surface area (Å²) < 4.78 is 9.83. The van der Waals surface area contributed by atoms with E-state index in [0.717, 1.165) is 12.0 Å². The Labute approximate surface area is 96.4 Å². The van der Waals surface area contributed by atoms with Crippen LogP contribution in [0.2, 0.25) is 0 Å². The summed E-state index contributed by atoms with van der Waals surface area (Å²) in [6, 6.07) is 7.93. The summed E-state index contributed by atoms with van der Waals surface area (Å²) in [4.78, 5) is 11.5. The fourth-order valence-corrected chi connectivity index (χ4v) is 1.52. The fraction of sp³-hybridized carbons (Fsp3) is 0.462. The van der Waals surface area contributed by atoms with E-state index in [2.05, 4.69) is 6.92 Å². The zero-order chi connectivity index (χ0) is 11.8. The van der Waals surface area contributed by atoms with E-state index in [0.29, 0.717) is 19.6 Å². The predicted octanol–water partition coefficient (Wildman–Crippen LogP) is 1.98. The highest BCUT2D eigenvalue weighted by molar-refractivity contribution is 5.73. The van der Waals surface area contributed by atoms with Crippen LogP contribution in [0.4, 0.5) is 0 Å². The lowest BCUT2D eigenvalue weighted by Crippen LogP contribution is -2.12. The average Bonchev–Trinajstić information content (AvgIpc) is 2.30. The summed E-state index contributed by atoms with van der Waals surface area (Å²) in [5.74, 6) is -0.196. The van der Waals surface area contributed by atoms with Crippen molar-refractivity contribution in [1.82, 2.24) is 0 Å². The Morgan fingerprint density at radius 3 is 2.50 bits per heavy atom.